The van der Waals surface area contributed by atoms with E-state index in [1.807, 2.05) is 0 Å². The van der Waals surface area contributed by atoms with Crippen molar-refractivity contribution in [2.45, 2.75) is 38.6 Å². The Morgan fingerprint density at radius 3 is 2.93 bits per heavy atom. The third-order valence-electron chi connectivity index (χ3n) is 3.16. The Labute approximate surface area is 91.2 Å². The van der Waals surface area contributed by atoms with Gasteiger partial charge in [-0.2, -0.15) is 0 Å². The van der Waals surface area contributed by atoms with Gasteiger partial charge in [0.1, 0.15) is 6.04 Å². The van der Waals surface area contributed by atoms with Crippen molar-refractivity contribution < 1.29 is 9.90 Å². The summed E-state index contributed by atoms with van der Waals surface area (Å²) < 4.78 is 0. The summed E-state index contributed by atoms with van der Waals surface area (Å²) in [5.74, 6) is 0.591. The van der Waals surface area contributed by atoms with Crippen LogP contribution in [0.2, 0.25) is 0 Å². The van der Waals surface area contributed by atoms with Crippen molar-refractivity contribution in [1.29, 1.82) is 0 Å². The highest BCUT2D eigenvalue weighted by Gasteiger charge is 2.19. The van der Waals surface area contributed by atoms with Gasteiger partial charge in [0.25, 0.3) is 0 Å². The molecule has 4 nitrogen and oxygen atoms in total. The zero-order chi connectivity index (χ0) is 11.3. The first-order valence-corrected chi connectivity index (χ1v) is 5.78. The maximum absolute atomic E-state index is 10.5. The third-order valence-corrected chi connectivity index (χ3v) is 3.16. The van der Waals surface area contributed by atoms with Crippen LogP contribution in [0.1, 0.15) is 32.6 Å². The van der Waals surface area contributed by atoms with Gasteiger partial charge in [-0.1, -0.05) is 19.8 Å². The fourth-order valence-corrected chi connectivity index (χ4v) is 2.28. The van der Waals surface area contributed by atoms with Gasteiger partial charge in [0.15, 0.2) is 0 Å². The van der Waals surface area contributed by atoms with Gasteiger partial charge < -0.3 is 16.2 Å². The van der Waals surface area contributed by atoms with Crippen LogP contribution in [0.5, 0.6) is 0 Å². The van der Waals surface area contributed by atoms with Crippen molar-refractivity contribution in [3.05, 3.63) is 0 Å². The summed E-state index contributed by atoms with van der Waals surface area (Å²) in [5, 5.41) is 11.7. The number of hydrogen-bond donors (Lipinski definition) is 3. The van der Waals surface area contributed by atoms with Gasteiger partial charge >= 0.3 is 5.97 Å². The number of nitrogens with two attached hydrogens (primary N) is 1. The summed E-state index contributed by atoms with van der Waals surface area (Å²) in [6, 6.07) is -0.772. The molecule has 1 fully saturated rings. The highest BCUT2D eigenvalue weighted by Crippen LogP contribution is 2.27. The molecule has 0 aromatic carbocycles. The Hall–Kier alpha value is -0.610. The van der Waals surface area contributed by atoms with E-state index in [2.05, 4.69) is 12.2 Å². The predicted octanol–water partition coefficient (Wildman–Crippen LogP) is 0.814. The molecular formula is C11H22N2O2. The van der Waals surface area contributed by atoms with Crippen molar-refractivity contribution in [3.8, 4) is 0 Å². The molecule has 0 amide bonds. The maximum atomic E-state index is 10.5. The molecule has 0 spiro atoms. The first-order chi connectivity index (χ1) is 7.09. The van der Waals surface area contributed by atoms with Gasteiger partial charge in [0, 0.05) is 6.54 Å². The molecule has 3 atom stereocenters. The minimum atomic E-state index is -0.931. The van der Waals surface area contributed by atoms with E-state index in [1.54, 1.807) is 0 Å². The van der Waals surface area contributed by atoms with E-state index in [0.29, 0.717) is 12.5 Å². The van der Waals surface area contributed by atoms with Crippen LogP contribution >= 0.6 is 0 Å². The zero-order valence-electron chi connectivity index (χ0n) is 9.41. The molecule has 0 radical (unpaired) electrons. The van der Waals surface area contributed by atoms with Crippen LogP contribution < -0.4 is 11.1 Å². The summed E-state index contributed by atoms with van der Waals surface area (Å²) in [4.78, 5) is 10.5. The Morgan fingerprint density at radius 2 is 2.33 bits per heavy atom. The van der Waals surface area contributed by atoms with E-state index in [4.69, 9.17) is 10.8 Å². The van der Waals surface area contributed by atoms with Gasteiger partial charge in [-0.25, -0.2) is 0 Å². The molecule has 0 saturated heterocycles. The molecule has 88 valence electrons. The average molecular weight is 214 g/mol. The lowest BCUT2D eigenvalue weighted by Gasteiger charge is -2.27. The molecule has 0 bridgehead atoms. The highest BCUT2D eigenvalue weighted by atomic mass is 16.4. The lowest BCUT2D eigenvalue weighted by Crippen LogP contribution is -2.42. The van der Waals surface area contributed by atoms with E-state index in [-0.39, 0.29) is 0 Å². The first kappa shape index (κ1) is 12.5. The monoisotopic (exact) mass is 214 g/mol. The Bertz CT molecular complexity index is 209. The molecule has 4 heteroatoms. The number of rotatable bonds is 5. The minimum Gasteiger partial charge on any atom is -0.480 e. The Kier molecular flexibility index (Phi) is 5.05. The molecule has 1 rings (SSSR count). The molecule has 0 aromatic heterocycles. The van der Waals surface area contributed by atoms with Gasteiger partial charge in [0.2, 0.25) is 0 Å². The number of carboxylic acid groups (broad SMARTS) is 1. The van der Waals surface area contributed by atoms with Gasteiger partial charge in [-0.3, -0.25) is 4.79 Å². The topological polar surface area (TPSA) is 75.3 Å². The molecule has 1 saturated carbocycles. The maximum Gasteiger partial charge on any atom is 0.321 e. The number of aliphatic carboxylic acids is 1. The zero-order valence-corrected chi connectivity index (χ0v) is 9.41. The molecular weight excluding hydrogens is 192 g/mol. The van der Waals surface area contributed by atoms with Crippen LogP contribution in [0.3, 0.4) is 0 Å². The van der Waals surface area contributed by atoms with E-state index >= 15 is 0 Å². The van der Waals surface area contributed by atoms with Crippen LogP contribution in [0, 0.1) is 11.8 Å². The van der Waals surface area contributed by atoms with E-state index in [1.165, 1.54) is 25.7 Å². The van der Waals surface area contributed by atoms with Gasteiger partial charge in [-0.15, -0.1) is 0 Å². The minimum absolute atomic E-state index is 0.375. The molecule has 0 aromatic rings. The highest BCUT2D eigenvalue weighted by molar-refractivity contribution is 5.73. The summed E-state index contributed by atoms with van der Waals surface area (Å²) in [7, 11) is 0. The number of hydrogen-bond acceptors (Lipinski definition) is 3. The summed E-state index contributed by atoms with van der Waals surface area (Å²) in [6.07, 6.45) is 5.17. The van der Waals surface area contributed by atoms with Crippen LogP contribution in [-0.2, 0) is 4.79 Å². The van der Waals surface area contributed by atoms with E-state index < -0.39 is 12.0 Å². The van der Waals surface area contributed by atoms with Crippen molar-refractivity contribution in [2.75, 3.05) is 13.1 Å². The van der Waals surface area contributed by atoms with Crippen molar-refractivity contribution in [1.82, 2.24) is 5.32 Å². The molecule has 1 aliphatic carbocycles. The van der Waals surface area contributed by atoms with Crippen LogP contribution in [0.15, 0.2) is 0 Å². The molecule has 0 aliphatic heterocycles. The molecule has 0 heterocycles. The van der Waals surface area contributed by atoms with E-state index in [0.717, 1.165) is 12.5 Å². The van der Waals surface area contributed by atoms with E-state index in [9.17, 15) is 4.79 Å². The predicted molar refractivity (Wildman–Crippen MR) is 59.6 cm³/mol. The summed E-state index contributed by atoms with van der Waals surface area (Å²) in [5.41, 5.74) is 5.40. The molecule has 3 unspecified atom stereocenters. The summed E-state index contributed by atoms with van der Waals surface area (Å²) in [6.45, 7) is 3.57. The average Bonchev–Trinajstić information content (AvgIpc) is 2.17. The normalized spacial score (nSPS) is 28.7. The number of nitrogens with one attached hydrogen (secondary N) is 1. The second-order valence-corrected chi connectivity index (χ2v) is 4.74. The third kappa shape index (κ3) is 4.62. The smallest absolute Gasteiger partial charge is 0.321 e. The standard InChI is InChI=1S/C11H22N2O2/c1-8-3-2-4-9(5-8)6-13-7-10(12)11(14)15/h8-10,13H,2-7,12H2,1H3,(H,14,15). The quantitative estimate of drug-likeness (QED) is 0.633. The van der Waals surface area contributed by atoms with Gasteiger partial charge in [0.05, 0.1) is 0 Å². The fraction of sp³-hybridized carbons (Fsp3) is 0.909. The Morgan fingerprint density at radius 1 is 1.60 bits per heavy atom. The first-order valence-electron chi connectivity index (χ1n) is 5.78. The Balaban J connectivity index is 2.11. The number of carboxylic acids is 1. The SMILES string of the molecule is CC1CCCC(CNCC(N)C(=O)O)C1. The van der Waals surface area contributed by atoms with Crippen LogP contribution in [0.25, 0.3) is 0 Å². The second kappa shape index (κ2) is 6.08. The van der Waals surface area contributed by atoms with Crippen molar-refractivity contribution >= 4 is 5.97 Å². The molecule has 4 N–H and O–H groups in total. The molecule has 15 heavy (non-hydrogen) atoms. The van der Waals surface area contributed by atoms with Crippen molar-refractivity contribution in [3.63, 3.8) is 0 Å². The molecule has 1 aliphatic rings. The van der Waals surface area contributed by atoms with Crippen molar-refractivity contribution in [2.24, 2.45) is 17.6 Å². The van der Waals surface area contributed by atoms with Crippen LogP contribution in [-0.4, -0.2) is 30.2 Å². The summed E-state index contributed by atoms with van der Waals surface area (Å²) >= 11 is 0. The van der Waals surface area contributed by atoms with Gasteiger partial charge in [-0.05, 0) is 31.2 Å². The lowest BCUT2D eigenvalue weighted by atomic mass is 9.82. The fourth-order valence-electron chi connectivity index (χ4n) is 2.28. The largest absolute Gasteiger partial charge is 0.480 e. The lowest BCUT2D eigenvalue weighted by molar-refractivity contribution is -0.138. The number of carbonyl (C=O) groups is 1. The van der Waals surface area contributed by atoms with Crippen LogP contribution in [0.4, 0.5) is 0 Å². The second-order valence-electron chi connectivity index (χ2n) is 4.74.